The number of halogens is 2. The van der Waals surface area contributed by atoms with Crippen LogP contribution in [0.25, 0.3) is 11.1 Å². The molecule has 1 aromatic carbocycles. The quantitative estimate of drug-likeness (QED) is 0.667. The number of ether oxygens (including phenoxy) is 1. The van der Waals surface area contributed by atoms with Gasteiger partial charge in [-0.2, -0.15) is 10.2 Å². The molecule has 162 valence electrons. The summed E-state index contributed by atoms with van der Waals surface area (Å²) in [6.45, 7) is 3.72. The van der Waals surface area contributed by atoms with Crippen molar-refractivity contribution in [2.75, 3.05) is 25.1 Å². The molecule has 10 heteroatoms. The van der Waals surface area contributed by atoms with Crippen LogP contribution in [0.3, 0.4) is 0 Å². The summed E-state index contributed by atoms with van der Waals surface area (Å²) in [7, 11) is 0. The molecule has 0 bridgehead atoms. The van der Waals surface area contributed by atoms with Crippen LogP contribution in [0.2, 0.25) is 0 Å². The highest BCUT2D eigenvalue weighted by molar-refractivity contribution is 5.74. The van der Waals surface area contributed by atoms with Crippen molar-refractivity contribution in [2.45, 2.75) is 32.4 Å². The minimum Gasteiger partial charge on any atom is -0.379 e. The minimum atomic E-state index is -0.607. The van der Waals surface area contributed by atoms with Crippen LogP contribution in [-0.4, -0.2) is 50.5 Å². The first kappa shape index (κ1) is 19.7. The number of anilines is 2. The van der Waals surface area contributed by atoms with Gasteiger partial charge in [0.1, 0.15) is 11.6 Å². The van der Waals surface area contributed by atoms with Gasteiger partial charge in [0.25, 0.3) is 0 Å². The predicted molar refractivity (Wildman–Crippen MR) is 109 cm³/mol. The van der Waals surface area contributed by atoms with Crippen molar-refractivity contribution in [3.05, 3.63) is 47.4 Å². The van der Waals surface area contributed by atoms with Crippen LogP contribution in [0, 0.1) is 11.6 Å². The summed E-state index contributed by atoms with van der Waals surface area (Å²) in [5.41, 5.74) is 2.40. The Kier molecular flexibility index (Phi) is 4.93. The summed E-state index contributed by atoms with van der Waals surface area (Å²) in [6.07, 6.45) is 4.43. The Balaban J connectivity index is 1.52. The molecular weight excluding hydrogens is 406 g/mol. The number of rotatable bonds is 4. The van der Waals surface area contributed by atoms with E-state index < -0.39 is 11.6 Å². The molecule has 2 N–H and O–H groups in total. The van der Waals surface area contributed by atoms with Gasteiger partial charge in [0, 0.05) is 61.1 Å². The fourth-order valence-electron chi connectivity index (χ4n) is 4.22. The molecule has 31 heavy (non-hydrogen) atoms. The lowest BCUT2D eigenvalue weighted by molar-refractivity contribution is -0.129. The third kappa shape index (κ3) is 3.56. The van der Waals surface area contributed by atoms with Crippen LogP contribution in [0.4, 0.5) is 20.3 Å². The molecule has 1 saturated heterocycles. The molecule has 8 nitrogen and oxygen atoms in total. The lowest BCUT2D eigenvalue weighted by atomic mass is 10.1. The number of aromatic amines is 1. The van der Waals surface area contributed by atoms with Crippen LogP contribution in [0.15, 0.2) is 24.5 Å². The molecule has 2 aromatic heterocycles. The summed E-state index contributed by atoms with van der Waals surface area (Å²) >= 11 is 0. The molecular formula is C21H22F2N6O2. The highest BCUT2D eigenvalue weighted by Gasteiger charge is 2.30. The zero-order valence-electron chi connectivity index (χ0n) is 17.0. The Morgan fingerprint density at radius 2 is 2.19 bits per heavy atom. The first-order valence-corrected chi connectivity index (χ1v) is 10.2. The number of fused-ring (bicyclic) bond motifs is 1. The van der Waals surface area contributed by atoms with E-state index in [0.29, 0.717) is 44.1 Å². The third-order valence-electron chi connectivity index (χ3n) is 5.90. The molecule has 0 saturated carbocycles. The summed E-state index contributed by atoms with van der Waals surface area (Å²) in [5.74, 6) is -0.782. The van der Waals surface area contributed by atoms with Gasteiger partial charge < -0.3 is 15.0 Å². The van der Waals surface area contributed by atoms with Gasteiger partial charge in [-0.25, -0.2) is 8.78 Å². The maximum atomic E-state index is 14.9. The van der Waals surface area contributed by atoms with E-state index in [4.69, 9.17) is 4.74 Å². The normalized spacial score (nSPS) is 18.3. The number of hydrogen-bond donors (Lipinski definition) is 2. The molecule has 3 aromatic rings. The molecule has 1 unspecified atom stereocenters. The number of amides is 1. The minimum absolute atomic E-state index is 0.0141. The fraction of sp³-hybridized carbons (Fsp3) is 0.381. The topological polar surface area (TPSA) is 88.1 Å². The van der Waals surface area contributed by atoms with Crippen LogP contribution < -0.4 is 5.32 Å². The third-order valence-corrected chi connectivity index (χ3v) is 5.90. The van der Waals surface area contributed by atoms with Crippen molar-refractivity contribution in [1.29, 1.82) is 0 Å². The number of nitrogens with zero attached hydrogens (tertiary/aromatic N) is 4. The molecule has 5 rings (SSSR count). The smallest absolute Gasteiger partial charge is 0.219 e. The van der Waals surface area contributed by atoms with E-state index in [1.54, 1.807) is 4.90 Å². The van der Waals surface area contributed by atoms with Crippen LogP contribution in [0.5, 0.6) is 0 Å². The highest BCUT2D eigenvalue weighted by Crippen LogP contribution is 2.34. The van der Waals surface area contributed by atoms with Crippen LogP contribution in [0.1, 0.15) is 30.6 Å². The van der Waals surface area contributed by atoms with Gasteiger partial charge >= 0.3 is 0 Å². The molecule has 4 heterocycles. The first-order valence-electron chi connectivity index (χ1n) is 10.2. The fourth-order valence-corrected chi connectivity index (χ4v) is 4.22. The van der Waals surface area contributed by atoms with E-state index in [2.05, 4.69) is 20.6 Å². The van der Waals surface area contributed by atoms with Gasteiger partial charge in [-0.3, -0.25) is 14.6 Å². The number of hydrogen-bond acceptors (Lipinski definition) is 5. The van der Waals surface area contributed by atoms with Crippen molar-refractivity contribution in [2.24, 2.45) is 0 Å². The average molecular weight is 428 g/mol. The van der Waals surface area contributed by atoms with Gasteiger partial charge in [0.2, 0.25) is 5.91 Å². The standard InChI is InChI=1S/C21H22F2N6O2/c1-12(30)28-4-2-20-16(10-28)21(27-29(20)14-3-5-31-11-14)26-19-7-17(22)15(6-18(19)23)13-8-24-25-9-13/h6-9,14H,2-5,10-11H2,1H3,(H,24,25)(H,26,27). The maximum Gasteiger partial charge on any atom is 0.219 e. The number of carbonyl (C=O) groups excluding carboxylic acids is 1. The lowest BCUT2D eigenvalue weighted by Gasteiger charge is -2.27. The lowest BCUT2D eigenvalue weighted by Crippen LogP contribution is -2.35. The first-order chi connectivity index (χ1) is 15.0. The van der Waals surface area contributed by atoms with Crippen molar-refractivity contribution >= 4 is 17.4 Å². The number of benzene rings is 1. The second-order valence-electron chi connectivity index (χ2n) is 7.85. The van der Waals surface area contributed by atoms with Gasteiger partial charge in [0.05, 0.1) is 31.1 Å². The Morgan fingerprint density at radius 3 is 2.90 bits per heavy atom. The second kappa shape index (κ2) is 7.77. The summed E-state index contributed by atoms with van der Waals surface area (Å²) in [5, 5.41) is 14.0. The van der Waals surface area contributed by atoms with Crippen molar-refractivity contribution < 1.29 is 18.3 Å². The van der Waals surface area contributed by atoms with E-state index in [1.165, 1.54) is 19.3 Å². The zero-order valence-corrected chi connectivity index (χ0v) is 17.0. The molecule has 1 amide bonds. The van der Waals surface area contributed by atoms with Crippen molar-refractivity contribution in [3.63, 3.8) is 0 Å². The number of carbonyl (C=O) groups is 1. The molecule has 1 fully saturated rings. The molecule has 0 radical (unpaired) electrons. The number of aromatic nitrogens is 4. The van der Waals surface area contributed by atoms with Gasteiger partial charge in [-0.1, -0.05) is 0 Å². The molecule has 0 spiro atoms. The van der Waals surface area contributed by atoms with Crippen LogP contribution in [-0.2, 0) is 22.5 Å². The van der Waals surface area contributed by atoms with E-state index in [9.17, 15) is 13.6 Å². The van der Waals surface area contributed by atoms with E-state index in [1.807, 2.05) is 4.68 Å². The summed E-state index contributed by atoms with van der Waals surface area (Å²) < 4.78 is 37.0. The average Bonchev–Trinajstić information content (AvgIpc) is 3.51. The molecule has 2 aliphatic heterocycles. The molecule has 1 atom stereocenters. The predicted octanol–water partition coefficient (Wildman–Crippen LogP) is 3.16. The number of H-pyrrole nitrogens is 1. The monoisotopic (exact) mass is 428 g/mol. The van der Waals surface area contributed by atoms with E-state index >= 15 is 0 Å². The highest BCUT2D eigenvalue weighted by atomic mass is 19.1. The Hall–Kier alpha value is -3.27. The Morgan fingerprint density at radius 1 is 1.32 bits per heavy atom. The number of nitrogens with one attached hydrogen (secondary N) is 2. The van der Waals surface area contributed by atoms with E-state index in [-0.39, 0.29) is 23.2 Å². The van der Waals surface area contributed by atoms with Gasteiger partial charge in [-0.05, 0) is 12.5 Å². The Labute approximate surface area is 177 Å². The molecule has 0 aliphatic carbocycles. The summed E-state index contributed by atoms with van der Waals surface area (Å²) in [6, 6.07) is 2.35. The molecule has 2 aliphatic rings. The largest absolute Gasteiger partial charge is 0.379 e. The van der Waals surface area contributed by atoms with Crippen molar-refractivity contribution in [3.8, 4) is 11.1 Å². The van der Waals surface area contributed by atoms with Crippen molar-refractivity contribution in [1.82, 2.24) is 24.9 Å². The van der Waals surface area contributed by atoms with Gasteiger partial charge in [-0.15, -0.1) is 0 Å². The summed E-state index contributed by atoms with van der Waals surface area (Å²) in [4.78, 5) is 13.7. The van der Waals surface area contributed by atoms with Crippen LogP contribution >= 0.6 is 0 Å². The van der Waals surface area contributed by atoms with E-state index in [0.717, 1.165) is 29.8 Å². The second-order valence-corrected chi connectivity index (χ2v) is 7.85. The SMILES string of the molecule is CC(=O)N1CCc2c(c(Nc3cc(F)c(-c4cn[nH]c4)cc3F)nn2C2CCOC2)C1. The maximum absolute atomic E-state index is 14.9. The zero-order chi connectivity index (χ0) is 21.5. The van der Waals surface area contributed by atoms with Gasteiger partial charge in [0.15, 0.2) is 5.82 Å². The Bertz CT molecular complexity index is 1120.